The van der Waals surface area contributed by atoms with Crippen molar-refractivity contribution < 1.29 is 9.59 Å². The van der Waals surface area contributed by atoms with Gasteiger partial charge in [-0.25, -0.2) is 4.79 Å². The molecule has 2 atom stereocenters. The quantitative estimate of drug-likeness (QED) is 0.750. The molecule has 4 N–H and O–H groups in total. The van der Waals surface area contributed by atoms with Gasteiger partial charge < -0.3 is 5.73 Å². The van der Waals surface area contributed by atoms with Crippen LogP contribution in [-0.4, -0.2) is 18.0 Å². The van der Waals surface area contributed by atoms with E-state index in [1.54, 1.807) is 6.92 Å². The molecule has 5 nitrogen and oxygen atoms in total. The summed E-state index contributed by atoms with van der Waals surface area (Å²) in [4.78, 5) is 22.3. The summed E-state index contributed by atoms with van der Waals surface area (Å²) in [6.45, 7) is 8.06. The van der Waals surface area contributed by atoms with E-state index in [0.717, 1.165) is 12.0 Å². The molecule has 0 radical (unpaired) electrons. The second-order valence-electron chi connectivity index (χ2n) is 5.80. The number of amides is 3. The highest BCUT2D eigenvalue weighted by atomic mass is 16.2. The first-order valence-corrected chi connectivity index (χ1v) is 7.24. The number of hydrogen-bond donors (Lipinski definition) is 3. The summed E-state index contributed by atoms with van der Waals surface area (Å²) < 4.78 is 0. The average Bonchev–Trinajstić information content (AvgIpc) is 2.37. The number of carbonyl (C=O) groups excluding carboxylic acids is 2. The van der Waals surface area contributed by atoms with Crippen molar-refractivity contribution in [3.8, 4) is 0 Å². The second kappa shape index (κ2) is 7.78. The number of hydrogen-bond acceptors (Lipinski definition) is 3. The Bertz CT molecular complexity index is 483. The molecule has 0 saturated heterocycles. The summed E-state index contributed by atoms with van der Waals surface area (Å²) in [6, 6.07) is 7.03. The normalized spacial score (nSPS) is 13.8. The van der Waals surface area contributed by atoms with Crippen molar-refractivity contribution in [2.75, 3.05) is 0 Å². The van der Waals surface area contributed by atoms with Gasteiger partial charge in [0.2, 0.25) is 5.91 Å². The molecule has 1 aromatic carbocycles. The minimum atomic E-state index is -0.834. The summed E-state index contributed by atoms with van der Waals surface area (Å²) in [5.74, 6) is 0.203. The third-order valence-corrected chi connectivity index (χ3v) is 3.26. The van der Waals surface area contributed by atoms with Crippen LogP contribution in [0.1, 0.15) is 44.9 Å². The van der Waals surface area contributed by atoms with E-state index in [0.29, 0.717) is 5.92 Å². The first-order chi connectivity index (χ1) is 9.79. The fourth-order valence-electron chi connectivity index (χ4n) is 2.19. The number of primary amides is 1. The highest BCUT2D eigenvalue weighted by molar-refractivity contribution is 5.96. The van der Waals surface area contributed by atoms with Crippen LogP contribution in [-0.2, 0) is 11.2 Å². The van der Waals surface area contributed by atoms with Gasteiger partial charge in [0.05, 0.1) is 6.04 Å². The van der Waals surface area contributed by atoms with Crippen molar-refractivity contribution in [2.45, 2.75) is 46.2 Å². The van der Waals surface area contributed by atoms with Crippen molar-refractivity contribution in [1.82, 2.24) is 10.6 Å². The van der Waals surface area contributed by atoms with E-state index in [4.69, 9.17) is 5.73 Å². The largest absolute Gasteiger partial charge is 0.351 e. The second-order valence-corrected chi connectivity index (χ2v) is 5.80. The minimum Gasteiger partial charge on any atom is -0.351 e. The highest BCUT2D eigenvalue weighted by Crippen LogP contribution is 2.16. The van der Waals surface area contributed by atoms with Crippen LogP contribution >= 0.6 is 0 Å². The molecule has 0 aliphatic carbocycles. The van der Waals surface area contributed by atoms with Crippen molar-refractivity contribution in [2.24, 2.45) is 11.7 Å². The van der Waals surface area contributed by atoms with Gasteiger partial charge in [0, 0.05) is 6.04 Å². The predicted molar refractivity (Wildman–Crippen MR) is 83.7 cm³/mol. The summed E-state index contributed by atoms with van der Waals surface area (Å²) in [7, 11) is 0. The van der Waals surface area contributed by atoms with Crippen molar-refractivity contribution >= 4 is 11.9 Å². The molecule has 116 valence electrons. The topological polar surface area (TPSA) is 84.2 Å². The molecular formula is C16H25N3O2. The lowest BCUT2D eigenvalue weighted by Gasteiger charge is -2.19. The zero-order chi connectivity index (χ0) is 16.0. The smallest absolute Gasteiger partial charge is 0.318 e. The van der Waals surface area contributed by atoms with E-state index < -0.39 is 18.0 Å². The highest BCUT2D eigenvalue weighted by Gasteiger charge is 2.17. The van der Waals surface area contributed by atoms with E-state index in [9.17, 15) is 9.59 Å². The van der Waals surface area contributed by atoms with Gasteiger partial charge in [-0.15, -0.1) is 0 Å². The molecule has 5 heteroatoms. The Balaban J connectivity index is 2.60. The maximum atomic E-state index is 11.6. The van der Waals surface area contributed by atoms with Crippen LogP contribution in [0.3, 0.4) is 0 Å². The van der Waals surface area contributed by atoms with Gasteiger partial charge in [0.1, 0.15) is 0 Å². The van der Waals surface area contributed by atoms with Crippen LogP contribution in [0.15, 0.2) is 24.3 Å². The number of imide groups is 1. The molecule has 0 bridgehead atoms. The molecule has 0 aliphatic rings. The Morgan fingerprint density at radius 2 is 1.67 bits per heavy atom. The van der Waals surface area contributed by atoms with Crippen LogP contribution in [0.25, 0.3) is 0 Å². The van der Waals surface area contributed by atoms with E-state index >= 15 is 0 Å². The molecular weight excluding hydrogens is 266 g/mol. The number of carbonyl (C=O) groups is 2. The number of rotatable bonds is 6. The molecule has 0 spiro atoms. The number of benzene rings is 1. The first-order valence-electron chi connectivity index (χ1n) is 7.24. The third kappa shape index (κ3) is 5.95. The summed E-state index contributed by atoms with van der Waals surface area (Å²) in [5.41, 5.74) is 7.34. The zero-order valence-corrected chi connectivity index (χ0v) is 13.1. The Morgan fingerprint density at radius 3 is 2.14 bits per heavy atom. The molecule has 21 heavy (non-hydrogen) atoms. The fourth-order valence-corrected chi connectivity index (χ4v) is 2.19. The Morgan fingerprint density at radius 1 is 1.10 bits per heavy atom. The Kier molecular flexibility index (Phi) is 6.37. The first kappa shape index (κ1) is 17.2. The third-order valence-electron chi connectivity index (χ3n) is 3.26. The number of nitrogens with two attached hydrogens (primary N) is 1. The van der Waals surface area contributed by atoms with Crippen LogP contribution in [0, 0.1) is 5.92 Å². The molecule has 1 aromatic rings. The maximum absolute atomic E-state index is 11.6. The average molecular weight is 291 g/mol. The van der Waals surface area contributed by atoms with E-state index in [1.165, 1.54) is 5.56 Å². The Hall–Kier alpha value is -1.88. The lowest BCUT2D eigenvalue weighted by Crippen LogP contribution is -2.47. The number of urea groups is 1. The molecule has 0 aromatic heterocycles. The van der Waals surface area contributed by atoms with Crippen LogP contribution in [0.2, 0.25) is 0 Å². The van der Waals surface area contributed by atoms with Crippen LogP contribution in [0.5, 0.6) is 0 Å². The van der Waals surface area contributed by atoms with Crippen molar-refractivity contribution in [3.05, 3.63) is 35.4 Å². The fraction of sp³-hybridized carbons (Fsp3) is 0.500. The molecule has 1 rings (SSSR count). The summed E-state index contributed by atoms with van der Waals surface area (Å²) >= 11 is 0. The lowest BCUT2D eigenvalue weighted by molar-refractivity contribution is -0.121. The molecule has 0 saturated carbocycles. The van der Waals surface area contributed by atoms with Gasteiger partial charge in [-0.05, 0) is 37.3 Å². The Labute approximate surface area is 126 Å². The standard InChI is InChI=1S/C16H25N3O2/c1-10(2)9-13-5-7-14(8-6-13)11(3)18-12(4)15(20)19-16(17)21/h5-8,10-12,18H,9H2,1-4H3,(H3,17,19,20,21). The van der Waals surface area contributed by atoms with Gasteiger partial charge in [0.15, 0.2) is 0 Å². The molecule has 0 fully saturated rings. The number of nitrogens with one attached hydrogen (secondary N) is 2. The molecule has 3 amide bonds. The van der Waals surface area contributed by atoms with Gasteiger partial charge in [-0.1, -0.05) is 38.1 Å². The van der Waals surface area contributed by atoms with Gasteiger partial charge in [-0.3, -0.25) is 15.4 Å². The molecule has 0 aliphatic heterocycles. The monoisotopic (exact) mass is 291 g/mol. The molecule has 0 heterocycles. The van der Waals surface area contributed by atoms with Gasteiger partial charge in [0.25, 0.3) is 0 Å². The van der Waals surface area contributed by atoms with E-state index in [-0.39, 0.29) is 6.04 Å². The summed E-state index contributed by atoms with van der Waals surface area (Å²) in [6.07, 6.45) is 1.06. The van der Waals surface area contributed by atoms with Crippen molar-refractivity contribution in [3.63, 3.8) is 0 Å². The summed E-state index contributed by atoms with van der Waals surface area (Å²) in [5, 5.41) is 5.21. The van der Waals surface area contributed by atoms with Crippen LogP contribution in [0.4, 0.5) is 4.79 Å². The predicted octanol–water partition coefficient (Wildman–Crippen LogP) is 2.12. The van der Waals surface area contributed by atoms with Gasteiger partial charge in [-0.2, -0.15) is 0 Å². The minimum absolute atomic E-state index is 0.00623. The lowest BCUT2D eigenvalue weighted by atomic mass is 9.99. The van der Waals surface area contributed by atoms with E-state index in [2.05, 4.69) is 48.7 Å². The van der Waals surface area contributed by atoms with Gasteiger partial charge >= 0.3 is 6.03 Å². The zero-order valence-electron chi connectivity index (χ0n) is 13.1. The maximum Gasteiger partial charge on any atom is 0.318 e. The van der Waals surface area contributed by atoms with Crippen LogP contribution < -0.4 is 16.4 Å². The molecule has 2 unspecified atom stereocenters. The SMILES string of the molecule is CC(C)Cc1ccc(C(C)NC(C)C(=O)NC(N)=O)cc1. The van der Waals surface area contributed by atoms with Crippen molar-refractivity contribution in [1.29, 1.82) is 0 Å². The van der Waals surface area contributed by atoms with E-state index in [1.807, 2.05) is 6.92 Å².